The minimum atomic E-state index is 0.353. The number of hydrogen-bond donors (Lipinski definition) is 2. The number of anilines is 4. The topological polar surface area (TPSA) is 81.2 Å². The summed E-state index contributed by atoms with van der Waals surface area (Å²) in [5, 5.41) is 14.4. The van der Waals surface area contributed by atoms with Crippen molar-refractivity contribution in [2.45, 2.75) is 13.8 Å². The van der Waals surface area contributed by atoms with Crippen LogP contribution in [0.2, 0.25) is 0 Å². The first-order valence-corrected chi connectivity index (χ1v) is 8.12. The number of aromatic nitrogens is 3. The second-order valence-electron chi connectivity index (χ2n) is 5.80. The Kier molecular flexibility index (Phi) is 5.17. The fourth-order valence-corrected chi connectivity index (χ4v) is 2.54. The van der Waals surface area contributed by atoms with Crippen LogP contribution in [0.5, 0.6) is 11.5 Å². The standard InChI is InChI=1S/C19H21N5O2/c1-12-5-7-15(13(2)9-12)21-18-11-20-24-19(23-18)22-16-10-14(25-3)6-8-17(16)26-4/h5-11H,1-4H3,(H2,21,22,23,24). The van der Waals surface area contributed by atoms with Crippen LogP contribution in [-0.4, -0.2) is 29.4 Å². The van der Waals surface area contributed by atoms with E-state index in [4.69, 9.17) is 9.47 Å². The van der Waals surface area contributed by atoms with Crippen LogP contribution in [-0.2, 0) is 0 Å². The molecule has 0 unspecified atom stereocenters. The maximum absolute atomic E-state index is 5.36. The van der Waals surface area contributed by atoms with Gasteiger partial charge in [-0.15, -0.1) is 5.10 Å². The summed E-state index contributed by atoms with van der Waals surface area (Å²) in [6.07, 6.45) is 1.58. The van der Waals surface area contributed by atoms with Gasteiger partial charge in [0, 0.05) is 11.8 Å². The summed E-state index contributed by atoms with van der Waals surface area (Å²) in [4.78, 5) is 4.47. The molecule has 0 amide bonds. The Labute approximate surface area is 152 Å². The van der Waals surface area contributed by atoms with Crippen LogP contribution in [0.15, 0.2) is 42.6 Å². The van der Waals surface area contributed by atoms with Crippen molar-refractivity contribution in [2.24, 2.45) is 0 Å². The predicted octanol–water partition coefficient (Wildman–Crippen LogP) is 3.99. The SMILES string of the molecule is COc1ccc(OC)c(Nc2nncc(Nc3ccc(C)cc3C)n2)c1. The van der Waals surface area contributed by atoms with E-state index in [1.165, 1.54) is 5.56 Å². The molecule has 1 heterocycles. The van der Waals surface area contributed by atoms with Gasteiger partial charge in [-0.2, -0.15) is 10.1 Å². The molecule has 0 atom stereocenters. The number of nitrogens with one attached hydrogen (secondary N) is 2. The predicted molar refractivity (Wildman–Crippen MR) is 102 cm³/mol. The molecular formula is C19H21N5O2. The highest BCUT2D eigenvalue weighted by atomic mass is 16.5. The summed E-state index contributed by atoms with van der Waals surface area (Å²) in [6, 6.07) is 11.6. The van der Waals surface area contributed by atoms with E-state index >= 15 is 0 Å². The molecule has 134 valence electrons. The van der Waals surface area contributed by atoms with Crippen LogP contribution in [0.4, 0.5) is 23.1 Å². The molecule has 3 rings (SSSR count). The average Bonchev–Trinajstić information content (AvgIpc) is 2.64. The van der Waals surface area contributed by atoms with E-state index < -0.39 is 0 Å². The maximum Gasteiger partial charge on any atom is 0.249 e. The fraction of sp³-hybridized carbons (Fsp3) is 0.211. The number of ether oxygens (including phenoxy) is 2. The van der Waals surface area contributed by atoms with Gasteiger partial charge in [0.05, 0.1) is 26.1 Å². The van der Waals surface area contributed by atoms with Crippen LogP contribution >= 0.6 is 0 Å². The largest absolute Gasteiger partial charge is 0.497 e. The lowest BCUT2D eigenvalue weighted by Gasteiger charge is -2.12. The first-order chi connectivity index (χ1) is 12.6. The monoisotopic (exact) mass is 351 g/mol. The lowest BCUT2D eigenvalue weighted by Crippen LogP contribution is -2.04. The highest BCUT2D eigenvalue weighted by Crippen LogP contribution is 2.30. The minimum absolute atomic E-state index is 0.353. The number of methoxy groups -OCH3 is 2. The molecule has 0 radical (unpaired) electrons. The molecule has 0 fully saturated rings. The van der Waals surface area contributed by atoms with E-state index in [1.54, 1.807) is 20.4 Å². The van der Waals surface area contributed by atoms with Gasteiger partial charge in [0.25, 0.3) is 0 Å². The smallest absolute Gasteiger partial charge is 0.249 e. The molecule has 0 aliphatic rings. The number of benzene rings is 2. The van der Waals surface area contributed by atoms with Gasteiger partial charge in [-0.05, 0) is 37.6 Å². The molecule has 0 aliphatic carbocycles. The van der Waals surface area contributed by atoms with Gasteiger partial charge in [-0.25, -0.2) is 0 Å². The summed E-state index contributed by atoms with van der Waals surface area (Å²) in [6.45, 7) is 4.11. The third-order valence-electron chi connectivity index (χ3n) is 3.86. The van der Waals surface area contributed by atoms with Crippen LogP contribution in [0.1, 0.15) is 11.1 Å². The van der Waals surface area contributed by atoms with E-state index in [9.17, 15) is 0 Å². The Hall–Kier alpha value is -3.35. The zero-order valence-corrected chi connectivity index (χ0v) is 15.2. The molecule has 0 saturated heterocycles. The lowest BCUT2D eigenvalue weighted by atomic mass is 10.1. The molecule has 26 heavy (non-hydrogen) atoms. The van der Waals surface area contributed by atoms with E-state index in [0.29, 0.717) is 29.0 Å². The number of aryl methyl sites for hydroxylation is 2. The van der Waals surface area contributed by atoms with Crippen molar-refractivity contribution >= 4 is 23.1 Å². The van der Waals surface area contributed by atoms with Crippen molar-refractivity contribution in [1.82, 2.24) is 15.2 Å². The third kappa shape index (κ3) is 4.00. The Balaban J connectivity index is 1.84. The summed E-state index contributed by atoms with van der Waals surface area (Å²) in [5.41, 5.74) is 4.01. The van der Waals surface area contributed by atoms with Crippen molar-refractivity contribution in [1.29, 1.82) is 0 Å². The van der Waals surface area contributed by atoms with E-state index in [2.05, 4.69) is 38.8 Å². The Morgan fingerprint density at radius 2 is 1.73 bits per heavy atom. The van der Waals surface area contributed by atoms with Gasteiger partial charge >= 0.3 is 0 Å². The van der Waals surface area contributed by atoms with Crippen LogP contribution < -0.4 is 20.1 Å². The molecule has 7 nitrogen and oxygen atoms in total. The molecule has 7 heteroatoms. The first kappa shape index (κ1) is 17.5. The van der Waals surface area contributed by atoms with E-state index in [1.807, 2.05) is 37.3 Å². The first-order valence-electron chi connectivity index (χ1n) is 8.12. The molecular weight excluding hydrogens is 330 g/mol. The lowest BCUT2D eigenvalue weighted by molar-refractivity contribution is 0.405. The third-order valence-corrected chi connectivity index (χ3v) is 3.86. The molecule has 2 aromatic carbocycles. The van der Waals surface area contributed by atoms with E-state index in [0.717, 1.165) is 11.3 Å². The molecule has 0 aliphatic heterocycles. The summed E-state index contributed by atoms with van der Waals surface area (Å²) in [5.74, 6) is 2.30. The van der Waals surface area contributed by atoms with Crippen molar-refractivity contribution in [3.05, 3.63) is 53.7 Å². The second kappa shape index (κ2) is 7.69. The van der Waals surface area contributed by atoms with Gasteiger partial charge in [0.1, 0.15) is 11.5 Å². The van der Waals surface area contributed by atoms with Gasteiger partial charge in [-0.3, -0.25) is 0 Å². The minimum Gasteiger partial charge on any atom is -0.497 e. The van der Waals surface area contributed by atoms with E-state index in [-0.39, 0.29) is 0 Å². The zero-order valence-electron chi connectivity index (χ0n) is 15.2. The highest BCUT2D eigenvalue weighted by molar-refractivity contribution is 5.66. The molecule has 2 N–H and O–H groups in total. The molecule has 0 saturated carbocycles. The highest BCUT2D eigenvalue weighted by Gasteiger charge is 2.09. The Bertz CT molecular complexity index is 914. The van der Waals surface area contributed by atoms with Crippen LogP contribution in [0.3, 0.4) is 0 Å². The maximum atomic E-state index is 5.36. The van der Waals surface area contributed by atoms with Crippen molar-refractivity contribution in [2.75, 3.05) is 24.9 Å². The summed E-state index contributed by atoms with van der Waals surface area (Å²) < 4.78 is 10.6. The zero-order chi connectivity index (χ0) is 18.5. The quantitative estimate of drug-likeness (QED) is 0.695. The van der Waals surface area contributed by atoms with Gasteiger partial charge in [0.2, 0.25) is 5.95 Å². The van der Waals surface area contributed by atoms with Crippen molar-refractivity contribution in [3.63, 3.8) is 0 Å². The van der Waals surface area contributed by atoms with Gasteiger partial charge in [0.15, 0.2) is 5.82 Å². The molecule has 1 aromatic heterocycles. The van der Waals surface area contributed by atoms with Crippen molar-refractivity contribution < 1.29 is 9.47 Å². The van der Waals surface area contributed by atoms with Crippen LogP contribution in [0, 0.1) is 13.8 Å². The van der Waals surface area contributed by atoms with Gasteiger partial charge in [-0.1, -0.05) is 17.7 Å². The molecule has 3 aromatic rings. The number of hydrogen-bond acceptors (Lipinski definition) is 7. The summed E-state index contributed by atoms with van der Waals surface area (Å²) >= 11 is 0. The average molecular weight is 351 g/mol. The number of nitrogens with zero attached hydrogens (tertiary/aromatic N) is 3. The fourth-order valence-electron chi connectivity index (χ4n) is 2.54. The molecule has 0 bridgehead atoms. The summed E-state index contributed by atoms with van der Waals surface area (Å²) in [7, 11) is 3.21. The molecule has 0 spiro atoms. The number of rotatable bonds is 6. The van der Waals surface area contributed by atoms with Gasteiger partial charge < -0.3 is 20.1 Å². The van der Waals surface area contributed by atoms with Crippen molar-refractivity contribution in [3.8, 4) is 11.5 Å². The second-order valence-corrected chi connectivity index (χ2v) is 5.80. The van der Waals surface area contributed by atoms with Crippen LogP contribution in [0.25, 0.3) is 0 Å². The normalized spacial score (nSPS) is 10.3. The Morgan fingerprint density at radius 3 is 2.46 bits per heavy atom. The Morgan fingerprint density at radius 1 is 0.885 bits per heavy atom.